The third-order valence-electron chi connectivity index (χ3n) is 2.34. The summed E-state index contributed by atoms with van der Waals surface area (Å²) in [5.41, 5.74) is 0. The van der Waals surface area contributed by atoms with Crippen LogP contribution in [0, 0.1) is 0 Å². The molecule has 0 radical (unpaired) electrons. The second-order valence-corrected chi connectivity index (χ2v) is 5.25. The Morgan fingerprint density at radius 3 is 2.63 bits per heavy atom. The van der Waals surface area contributed by atoms with Crippen molar-refractivity contribution in [3.05, 3.63) is 17.9 Å². The Bertz CT molecular complexity index is 497. The van der Waals surface area contributed by atoms with Gasteiger partial charge in [-0.05, 0) is 18.6 Å². The van der Waals surface area contributed by atoms with Crippen molar-refractivity contribution in [2.24, 2.45) is 0 Å². The van der Waals surface area contributed by atoms with Gasteiger partial charge >= 0.3 is 39.7 Å². The molecule has 0 aliphatic heterocycles. The number of amides is 1. The molecule has 0 atom stereocenters. The Kier molecular flexibility index (Phi) is 8.60. The fraction of sp³-hybridized carbons (Fsp3) is 0.545. The molecule has 1 aromatic rings. The maximum atomic E-state index is 11.4. The van der Waals surface area contributed by atoms with E-state index in [1.54, 1.807) is 0 Å². The van der Waals surface area contributed by atoms with Crippen molar-refractivity contribution in [1.29, 1.82) is 0 Å². The average molecular weight is 299 g/mol. The minimum atomic E-state index is -4.31. The Morgan fingerprint density at radius 2 is 2.11 bits per heavy atom. The second kappa shape index (κ2) is 8.76. The molecular formula is C11H18NNaO5S. The molecule has 0 fully saturated rings. The molecule has 0 aliphatic carbocycles. The van der Waals surface area contributed by atoms with Gasteiger partial charge in [0.05, 0.1) is 0 Å². The molecule has 2 N–H and O–H groups in total. The van der Waals surface area contributed by atoms with Gasteiger partial charge in [0.15, 0.2) is 0 Å². The normalized spacial score (nSPS) is 10.8. The van der Waals surface area contributed by atoms with Gasteiger partial charge in [0.25, 0.3) is 0 Å². The standard InChI is InChI=1S/C11H17NO5S.Na.H/c1-2-3-8-12-10(13)6-4-9-5-7-11(17-9)18(14,15)16;;/h5,7H,2-4,6,8H2,1H3,(H,12,13)(H,14,15,16);;. The van der Waals surface area contributed by atoms with E-state index < -0.39 is 15.2 Å². The predicted molar refractivity (Wildman–Crippen MR) is 71.9 cm³/mol. The topological polar surface area (TPSA) is 96.6 Å². The predicted octanol–water partition coefficient (Wildman–Crippen LogP) is 0.727. The summed E-state index contributed by atoms with van der Waals surface area (Å²) in [7, 11) is -4.31. The number of carbonyl (C=O) groups is 1. The van der Waals surface area contributed by atoms with Crippen LogP contribution in [0.25, 0.3) is 0 Å². The van der Waals surface area contributed by atoms with Crippen LogP contribution >= 0.6 is 0 Å². The number of carbonyl (C=O) groups excluding carboxylic acids is 1. The summed E-state index contributed by atoms with van der Waals surface area (Å²) in [5.74, 6) is 0.251. The van der Waals surface area contributed by atoms with Crippen molar-refractivity contribution >= 4 is 45.6 Å². The first kappa shape index (κ1) is 18.7. The number of furan rings is 1. The van der Waals surface area contributed by atoms with Crippen LogP contribution in [0.15, 0.2) is 21.6 Å². The van der Waals surface area contributed by atoms with Crippen LogP contribution in [0.1, 0.15) is 31.9 Å². The number of aryl methyl sites for hydroxylation is 1. The Balaban J connectivity index is 0.00000324. The SMILES string of the molecule is CCCCNC(=O)CCc1ccc(S(=O)(=O)O)o1.[NaH]. The number of nitrogens with one attached hydrogen (secondary N) is 1. The van der Waals surface area contributed by atoms with Crippen molar-refractivity contribution in [3.8, 4) is 0 Å². The molecule has 104 valence electrons. The molecule has 6 nitrogen and oxygen atoms in total. The molecule has 1 aromatic heterocycles. The molecule has 1 rings (SSSR count). The quantitative estimate of drug-likeness (QED) is 0.439. The van der Waals surface area contributed by atoms with E-state index in [4.69, 9.17) is 8.97 Å². The molecule has 0 saturated heterocycles. The molecule has 8 heteroatoms. The fourth-order valence-corrected chi connectivity index (χ4v) is 1.81. The van der Waals surface area contributed by atoms with E-state index in [1.165, 1.54) is 12.1 Å². The van der Waals surface area contributed by atoms with Crippen molar-refractivity contribution < 1.29 is 22.2 Å². The van der Waals surface area contributed by atoms with Crippen LogP contribution in [-0.4, -0.2) is 55.0 Å². The van der Waals surface area contributed by atoms with Gasteiger partial charge in [-0.3, -0.25) is 9.35 Å². The zero-order valence-electron chi connectivity index (χ0n) is 10.2. The molecule has 0 aliphatic rings. The third-order valence-corrected chi connectivity index (χ3v) is 3.07. The summed E-state index contributed by atoms with van der Waals surface area (Å²) in [4.78, 5) is 11.4. The van der Waals surface area contributed by atoms with Gasteiger partial charge in [-0.25, -0.2) is 0 Å². The summed E-state index contributed by atoms with van der Waals surface area (Å²) in [6, 6.07) is 2.60. The van der Waals surface area contributed by atoms with Crippen LogP contribution in [0.3, 0.4) is 0 Å². The number of unbranched alkanes of at least 4 members (excludes halogenated alkanes) is 1. The van der Waals surface area contributed by atoms with Gasteiger partial charge in [0.2, 0.25) is 11.0 Å². The van der Waals surface area contributed by atoms with Gasteiger partial charge in [0, 0.05) is 19.4 Å². The van der Waals surface area contributed by atoms with E-state index in [0.717, 1.165) is 12.8 Å². The fourth-order valence-electron chi connectivity index (χ4n) is 1.36. The molecule has 1 amide bonds. The van der Waals surface area contributed by atoms with E-state index in [2.05, 4.69) is 5.32 Å². The number of hydrogen-bond acceptors (Lipinski definition) is 4. The summed E-state index contributed by atoms with van der Waals surface area (Å²) >= 11 is 0. The molecule has 0 aromatic carbocycles. The zero-order chi connectivity index (χ0) is 13.6. The van der Waals surface area contributed by atoms with Gasteiger partial charge in [-0.15, -0.1) is 0 Å². The van der Waals surface area contributed by atoms with Crippen molar-refractivity contribution in [3.63, 3.8) is 0 Å². The van der Waals surface area contributed by atoms with E-state index in [1.807, 2.05) is 6.92 Å². The van der Waals surface area contributed by atoms with Gasteiger partial charge in [0.1, 0.15) is 5.76 Å². The molecule has 1 heterocycles. The zero-order valence-corrected chi connectivity index (χ0v) is 11.0. The molecule has 0 saturated carbocycles. The maximum absolute atomic E-state index is 11.4. The summed E-state index contributed by atoms with van der Waals surface area (Å²) in [5, 5.41) is 2.25. The molecular weight excluding hydrogens is 281 g/mol. The van der Waals surface area contributed by atoms with Crippen molar-refractivity contribution in [2.75, 3.05) is 6.54 Å². The summed E-state index contributed by atoms with van der Waals surface area (Å²) in [6.07, 6.45) is 2.46. The second-order valence-electron chi connectivity index (χ2n) is 3.90. The summed E-state index contributed by atoms with van der Waals surface area (Å²) < 4.78 is 35.1. The Labute approximate surface area is 135 Å². The van der Waals surface area contributed by atoms with Crippen LogP contribution in [0.5, 0.6) is 0 Å². The van der Waals surface area contributed by atoms with E-state index in [0.29, 0.717) is 18.7 Å². The first-order valence-electron chi connectivity index (χ1n) is 5.76. The summed E-state index contributed by atoms with van der Waals surface area (Å²) in [6.45, 7) is 2.68. The first-order valence-corrected chi connectivity index (χ1v) is 7.20. The number of rotatable bonds is 7. The van der Waals surface area contributed by atoms with Crippen molar-refractivity contribution in [2.45, 2.75) is 37.7 Å². The monoisotopic (exact) mass is 299 g/mol. The van der Waals surface area contributed by atoms with Gasteiger partial charge in [-0.2, -0.15) is 8.42 Å². The van der Waals surface area contributed by atoms with Gasteiger partial charge < -0.3 is 9.73 Å². The molecule has 0 bridgehead atoms. The van der Waals surface area contributed by atoms with Crippen LogP contribution < -0.4 is 5.32 Å². The minimum absolute atomic E-state index is 0. The average Bonchev–Trinajstić information content (AvgIpc) is 2.75. The van der Waals surface area contributed by atoms with Crippen molar-refractivity contribution in [1.82, 2.24) is 5.32 Å². The van der Waals surface area contributed by atoms with E-state index >= 15 is 0 Å². The van der Waals surface area contributed by atoms with Crippen LogP contribution in [0.2, 0.25) is 0 Å². The number of hydrogen-bond donors (Lipinski definition) is 2. The molecule has 0 spiro atoms. The third kappa shape index (κ3) is 7.12. The van der Waals surface area contributed by atoms with E-state index in [9.17, 15) is 13.2 Å². The Hall–Kier alpha value is -0.340. The van der Waals surface area contributed by atoms with Gasteiger partial charge in [-0.1, -0.05) is 13.3 Å². The Morgan fingerprint density at radius 1 is 1.42 bits per heavy atom. The molecule has 0 unspecified atom stereocenters. The molecule has 19 heavy (non-hydrogen) atoms. The van der Waals surface area contributed by atoms with Crippen LogP contribution in [0.4, 0.5) is 0 Å². The van der Waals surface area contributed by atoms with E-state index in [-0.39, 0.29) is 41.9 Å². The first-order chi connectivity index (χ1) is 8.43. The van der Waals surface area contributed by atoms with Crippen LogP contribution in [-0.2, 0) is 21.3 Å².